The van der Waals surface area contributed by atoms with Gasteiger partial charge in [-0.05, 0) is 19.8 Å². The summed E-state index contributed by atoms with van der Waals surface area (Å²) in [6.45, 7) is 5.02. The lowest BCUT2D eigenvalue weighted by atomic mass is 9.95. The summed E-state index contributed by atoms with van der Waals surface area (Å²) in [5, 5.41) is 11.1. The van der Waals surface area contributed by atoms with Crippen molar-refractivity contribution >= 4 is 27.8 Å². The maximum Gasteiger partial charge on any atom is 0.177 e. The van der Waals surface area contributed by atoms with Crippen LogP contribution in [-0.4, -0.2) is 36.7 Å². The Morgan fingerprint density at radius 3 is 2.85 bits per heavy atom. The summed E-state index contributed by atoms with van der Waals surface area (Å²) in [6, 6.07) is 0. The number of nitrogens with zero attached hydrogens (tertiary/aromatic N) is 1. The monoisotopic (exact) mass is 298 g/mol. The number of piperidine rings is 1. The van der Waals surface area contributed by atoms with Crippen LogP contribution in [0.3, 0.4) is 0 Å². The fraction of sp³-hybridized carbons (Fsp3) is 0.643. The van der Waals surface area contributed by atoms with Gasteiger partial charge in [0.15, 0.2) is 11.5 Å². The van der Waals surface area contributed by atoms with Crippen LogP contribution >= 0.6 is 11.3 Å². The van der Waals surface area contributed by atoms with Crippen molar-refractivity contribution < 1.29 is 14.6 Å². The zero-order chi connectivity index (χ0) is 14.9. The van der Waals surface area contributed by atoms with Crippen LogP contribution in [0.1, 0.15) is 42.8 Å². The molecule has 2 rings (SSSR count). The van der Waals surface area contributed by atoms with Crippen molar-refractivity contribution in [2.45, 2.75) is 38.7 Å². The zero-order valence-corrected chi connectivity index (χ0v) is 13.0. The van der Waals surface area contributed by atoms with E-state index in [9.17, 15) is 9.90 Å². The molecule has 0 aromatic carbocycles. The van der Waals surface area contributed by atoms with Gasteiger partial charge in [0.1, 0.15) is 5.00 Å². The Balaban J connectivity index is 2.38. The Labute approximate surface area is 123 Å². The summed E-state index contributed by atoms with van der Waals surface area (Å²) in [5.41, 5.74) is 5.75. The number of aliphatic hydroxyl groups is 1. The first-order valence-electron chi connectivity index (χ1n) is 6.86. The summed E-state index contributed by atoms with van der Waals surface area (Å²) in [5.74, 6) is 0.588. The van der Waals surface area contributed by atoms with Crippen molar-refractivity contribution in [3.05, 3.63) is 4.88 Å². The first-order valence-corrected chi connectivity index (χ1v) is 7.68. The number of thiophene rings is 1. The molecule has 5 nitrogen and oxygen atoms in total. The molecule has 0 amide bonds. The number of carbonyl (C=O) groups is 1. The lowest BCUT2D eigenvalue weighted by Crippen LogP contribution is -2.46. The van der Waals surface area contributed by atoms with Crippen molar-refractivity contribution in [1.29, 1.82) is 0 Å². The molecule has 1 fully saturated rings. The second-order valence-corrected chi connectivity index (χ2v) is 6.48. The van der Waals surface area contributed by atoms with Gasteiger partial charge in [0.05, 0.1) is 23.3 Å². The number of hydrogen-bond donors (Lipinski definition) is 2. The van der Waals surface area contributed by atoms with Crippen LogP contribution in [0.15, 0.2) is 0 Å². The van der Waals surface area contributed by atoms with Gasteiger partial charge in [-0.15, -0.1) is 11.3 Å². The van der Waals surface area contributed by atoms with Gasteiger partial charge in [0.25, 0.3) is 0 Å². The summed E-state index contributed by atoms with van der Waals surface area (Å²) in [7, 11) is 1.56. The largest absolute Gasteiger partial charge is 0.492 e. The van der Waals surface area contributed by atoms with Crippen LogP contribution in [0, 0.1) is 0 Å². The summed E-state index contributed by atoms with van der Waals surface area (Å²) >= 11 is 1.37. The van der Waals surface area contributed by atoms with Gasteiger partial charge in [-0.3, -0.25) is 4.79 Å². The molecule has 20 heavy (non-hydrogen) atoms. The molecular weight excluding hydrogens is 276 g/mol. The third-order valence-electron chi connectivity index (χ3n) is 3.62. The fourth-order valence-electron chi connectivity index (χ4n) is 2.58. The Morgan fingerprint density at radius 1 is 1.60 bits per heavy atom. The van der Waals surface area contributed by atoms with Gasteiger partial charge in [0.2, 0.25) is 0 Å². The molecule has 1 aromatic heterocycles. The number of ether oxygens (including phenoxy) is 1. The van der Waals surface area contributed by atoms with Gasteiger partial charge in [-0.25, -0.2) is 0 Å². The first-order chi connectivity index (χ1) is 9.39. The lowest BCUT2D eigenvalue weighted by molar-refractivity contribution is 0.0450. The number of anilines is 2. The average molecular weight is 298 g/mol. The molecule has 1 aliphatic rings. The molecule has 1 unspecified atom stereocenters. The number of β-amino-alcohol motifs (C(OH)–C–C–N with tert-alkyl or cyclic N) is 1. The highest BCUT2D eigenvalue weighted by Crippen LogP contribution is 2.46. The quantitative estimate of drug-likeness (QED) is 0.834. The molecule has 0 radical (unpaired) electrons. The third kappa shape index (κ3) is 2.76. The molecule has 0 spiro atoms. The second kappa shape index (κ2) is 5.61. The molecule has 0 bridgehead atoms. The molecule has 3 N–H and O–H groups in total. The number of ketones is 1. The molecule has 6 heteroatoms. The second-order valence-electron chi connectivity index (χ2n) is 5.48. The number of Topliss-reactive ketones (excluding diaryl/α,β-unsaturated/α-hetero) is 1. The van der Waals surface area contributed by atoms with Gasteiger partial charge in [-0.2, -0.15) is 0 Å². The van der Waals surface area contributed by atoms with E-state index in [0.717, 1.165) is 24.4 Å². The maximum absolute atomic E-state index is 11.9. The molecular formula is C14H22N2O3S. The van der Waals surface area contributed by atoms with E-state index >= 15 is 0 Å². The molecule has 1 atom stereocenters. The Hall–Kier alpha value is -1.27. The van der Waals surface area contributed by atoms with Crippen LogP contribution in [0.25, 0.3) is 0 Å². The van der Waals surface area contributed by atoms with E-state index in [-0.39, 0.29) is 5.78 Å². The van der Waals surface area contributed by atoms with Gasteiger partial charge >= 0.3 is 0 Å². The van der Waals surface area contributed by atoms with Gasteiger partial charge in [-0.1, -0.05) is 6.92 Å². The molecule has 1 aliphatic heterocycles. The predicted octanol–water partition coefficient (Wildman–Crippen LogP) is 2.28. The summed E-state index contributed by atoms with van der Waals surface area (Å²) < 4.78 is 5.38. The Bertz CT molecular complexity index is 511. The zero-order valence-electron chi connectivity index (χ0n) is 12.2. The Morgan fingerprint density at radius 2 is 2.30 bits per heavy atom. The molecule has 1 saturated heterocycles. The molecule has 0 saturated carbocycles. The number of nitrogens with two attached hydrogens (primary N) is 1. The number of methoxy groups -OCH3 is 1. The molecule has 0 aliphatic carbocycles. The van der Waals surface area contributed by atoms with Crippen LogP contribution in [0.5, 0.6) is 5.75 Å². The van der Waals surface area contributed by atoms with E-state index in [1.54, 1.807) is 7.11 Å². The minimum atomic E-state index is -0.711. The van der Waals surface area contributed by atoms with E-state index in [4.69, 9.17) is 10.5 Å². The van der Waals surface area contributed by atoms with Gasteiger partial charge < -0.3 is 20.5 Å². The first kappa shape index (κ1) is 15.1. The van der Waals surface area contributed by atoms with Crippen LogP contribution < -0.4 is 15.4 Å². The van der Waals surface area contributed by atoms with E-state index in [1.807, 2.05) is 13.8 Å². The molecule has 2 heterocycles. The third-order valence-corrected chi connectivity index (χ3v) is 4.91. The average Bonchev–Trinajstić information content (AvgIpc) is 2.73. The maximum atomic E-state index is 11.9. The number of hydrogen-bond acceptors (Lipinski definition) is 6. The lowest BCUT2D eigenvalue weighted by Gasteiger charge is -2.37. The van der Waals surface area contributed by atoms with Crippen LogP contribution in [-0.2, 0) is 0 Å². The molecule has 1 aromatic rings. The van der Waals surface area contributed by atoms with Gasteiger partial charge in [0, 0.05) is 19.5 Å². The predicted molar refractivity (Wildman–Crippen MR) is 82.0 cm³/mol. The normalized spacial score (nSPS) is 22.9. The van der Waals surface area contributed by atoms with E-state index in [1.165, 1.54) is 11.3 Å². The van der Waals surface area contributed by atoms with E-state index in [0.29, 0.717) is 29.3 Å². The summed E-state index contributed by atoms with van der Waals surface area (Å²) in [4.78, 5) is 14.6. The Kier molecular flexibility index (Phi) is 4.25. The minimum absolute atomic E-state index is 0.0285. The van der Waals surface area contributed by atoms with Crippen molar-refractivity contribution in [1.82, 2.24) is 0 Å². The minimum Gasteiger partial charge on any atom is -0.492 e. The molecule has 112 valence electrons. The van der Waals surface area contributed by atoms with Crippen molar-refractivity contribution in [2.75, 3.05) is 30.8 Å². The highest BCUT2D eigenvalue weighted by atomic mass is 32.1. The smallest absolute Gasteiger partial charge is 0.177 e. The fourth-order valence-corrected chi connectivity index (χ4v) is 3.81. The van der Waals surface area contributed by atoms with Crippen molar-refractivity contribution in [3.8, 4) is 5.75 Å². The van der Waals surface area contributed by atoms with Crippen molar-refractivity contribution in [2.24, 2.45) is 0 Å². The van der Waals surface area contributed by atoms with Crippen LogP contribution in [0.4, 0.5) is 10.7 Å². The van der Waals surface area contributed by atoms with E-state index < -0.39 is 5.60 Å². The summed E-state index contributed by atoms with van der Waals surface area (Å²) in [6.07, 6.45) is 2.11. The number of rotatable bonds is 4. The number of carbonyl (C=O) groups excluding carboxylic acids is 1. The van der Waals surface area contributed by atoms with Crippen molar-refractivity contribution in [3.63, 3.8) is 0 Å². The standard InChI is InChI=1S/C14H22N2O3S/c1-4-9(17)12-10(15)11(19-3)13(20-12)16-7-5-6-14(2,18)8-16/h18H,4-8,15H2,1-3H3. The topological polar surface area (TPSA) is 75.8 Å². The van der Waals surface area contributed by atoms with E-state index in [2.05, 4.69) is 4.90 Å². The highest BCUT2D eigenvalue weighted by Gasteiger charge is 2.32. The number of nitrogen functional groups attached to an aromatic ring is 1. The SMILES string of the molecule is CCC(=O)c1sc(N2CCCC(C)(O)C2)c(OC)c1N. The highest BCUT2D eigenvalue weighted by molar-refractivity contribution is 7.19. The van der Waals surface area contributed by atoms with Crippen LogP contribution in [0.2, 0.25) is 0 Å².